The van der Waals surface area contributed by atoms with Gasteiger partial charge in [-0.3, -0.25) is 9.69 Å². The Hall–Kier alpha value is -2.67. The molecular weight excluding hydrogens is 356 g/mol. The molecule has 1 aromatic heterocycles. The van der Waals surface area contributed by atoms with Gasteiger partial charge in [0.2, 0.25) is 0 Å². The number of carbonyl (C=O) groups excluding carboxylic acids is 1. The first-order valence-corrected chi connectivity index (χ1v) is 10.0. The third kappa shape index (κ3) is 3.80. The Morgan fingerprint density at radius 1 is 1.07 bits per heavy atom. The third-order valence-electron chi connectivity index (χ3n) is 5.73. The predicted octanol–water partition coefficient (Wildman–Crippen LogP) is 2.61. The van der Waals surface area contributed by atoms with Gasteiger partial charge in [0.25, 0.3) is 5.91 Å². The number of amides is 1. The highest BCUT2D eigenvalue weighted by atomic mass is 16.4. The zero-order valence-corrected chi connectivity index (χ0v) is 15.9. The van der Waals surface area contributed by atoms with Crippen molar-refractivity contribution in [1.82, 2.24) is 19.8 Å². The quantitative estimate of drug-likeness (QED) is 0.848. The van der Waals surface area contributed by atoms with Crippen LogP contribution in [0.5, 0.6) is 0 Å². The number of hydrogen-bond acceptors (Lipinski definition) is 4. The van der Waals surface area contributed by atoms with Gasteiger partial charge in [-0.25, -0.2) is 9.78 Å². The van der Waals surface area contributed by atoms with E-state index in [9.17, 15) is 14.7 Å². The summed E-state index contributed by atoms with van der Waals surface area (Å²) in [7, 11) is 0. The maximum absolute atomic E-state index is 13.0. The molecule has 3 heterocycles. The molecule has 2 aliphatic rings. The van der Waals surface area contributed by atoms with Gasteiger partial charge >= 0.3 is 5.97 Å². The first-order valence-electron chi connectivity index (χ1n) is 10.0. The topological polar surface area (TPSA) is 89.5 Å². The number of carboxylic acid groups (broad SMARTS) is 1. The van der Waals surface area contributed by atoms with Gasteiger partial charge in [0.05, 0.1) is 12.0 Å². The smallest absolute Gasteiger partial charge is 0.332 e. The van der Waals surface area contributed by atoms with Crippen molar-refractivity contribution < 1.29 is 14.7 Å². The van der Waals surface area contributed by atoms with Crippen molar-refractivity contribution in [2.24, 2.45) is 0 Å². The molecule has 7 heteroatoms. The van der Waals surface area contributed by atoms with Crippen molar-refractivity contribution in [3.63, 3.8) is 0 Å². The SMILES string of the molecule is O=C(O)[C@@H]1c2nc[nH]c2CCN1C(=O)c1ccc(CN2CCCCCC2)cc1. The van der Waals surface area contributed by atoms with Crippen molar-refractivity contribution >= 4 is 11.9 Å². The molecule has 0 bridgehead atoms. The number of aromatic amines is 1. The standard InChI is InChI=1S/C21H26N4O3/c26-20(25-12-9-17-18(23-14-22-17)19(25)21(27)28)16-7-5-15(6-8-16)13-24-10-3-1-2-4-11-24/h5-8,14,19H,1-4,9-13H2,(H,22,23)(H,27,28)/t19-/m0/s1. The number of carboxylic acids is 1. The fourth-order valence-electron chi connectivity index (χ4n) is 4.22. The van der Waals surface area contributed by atoms with Gasteiger partial charge in [0.1, 0.15) is 0 Å². The van der Waals surface area contributed by atoms with Gasteiger partial charge in [-0.2, -0.15) is 0 Å². The number of aromatic nitrogens is 2. The normalized spacial score (nSPS) is 20.4. The second-order valence-electron chi connectivity index (χ2n) is 7.64. The number of carbonyl (C=O) groups is 2. The number of H-pyrrole nitrogens is 1. The molecule has 148 valence electrons. The summed E-state index contributed by atoms with van der Waals surface area (Å²) in [5, 5.41) is 9.67. The first kappa shape index (κ1) is 18.7. The maximum Gasteiger partial charge on any atom is 0.332 e. The molecule has 1 amide bonds. The van der Waals surface area contributed by atoms with E-state index in [0.717, 1.165) is 25.3 Å². The van der Waals surface area contributed by atoms with Gasteiger partial charge in [-0.1, -0.05) is 25.0 Å². The molecule has 1 aromatic carbocycles. The average molecular weight is 382 g/mol. The highest BCUT2D eigenvalue weighted by molar-refractivity contribution is 5.97. The van der Waals surface area contributed by atoms with Crippen LogP contribution in [-0.2, 0) is 17.8 Å². The molecule has 0 unspecified atom stereocenters. The fraction of sp³-hybridized carbons (Fsp3) is 0.476. The van der Waals surface area contributed by atoms with E-state index < -0.39 is 12.0 Å². The predicted molar refractivity (Wildman–Crippen MR) is 104 cm³/mol. The number of nitrogens with one attached hydrogen (secondary N) is 1. The number of hydrogen-bond donors (Lipinski definition) is 2. The summed E-state index contributed by atoms with van der Waals surface area (Å²) < 4.78 is 0. The molecule has 1 saturated heterocycles. The lowest BCUT2D eigenvalue weighted by Crippen LogP contribution is -2.43. The number of nitrogens with zero attached hydrogens (tertiary/aromatic N) is 3. The van der Waals surface area contributed by atoms with Crippen LogP contribution in [0, 0.1) is 0 Å². The summed E-state index contributed by atoms with van der Waals surface area (Å²) in [6.07, 6.45) is 7.18. The van der Waals surface area contributed by atoms with E-state index in [1.54, 1.807) is 0 Å². The molecular formula is C21H26N4O3. The van der Waals surface area contributed by atoms with Gasteiger partial charge in [-0.05, 0) is 43.6 Å². The van der Waals surface area contributed by atoms with Crippen LogP contribution in [0.4, 0.5) is 0 Å². The number of aliphatic carboxylic acids is 1. The van der Waals surface area contributed by atoms with Crippen molar-refractivity contribution in [2.45, 2.75) is 44.7 Å². The summed E-state index contributed by atoms with van der Waals surface area (Å²) in [4.78, 5) is 35.8. The van der Waals surface area contributed by atoms with Gasteiger partial charge < -0.3 is 15.0 Å². The average Bonchev–Trinajstić information content (AvgIpc) is 3.03. The second-order valence-corrected chi connectivity index (χ2v) is 7.64. The Labute approximate surface area is 164 Å². The van der Waals surface area contributed by atoms with Crippen LogP contribution in [0.25, 0.3) is 0 Å². The van der Waals surface area contributed by atoms with Gasteiger partial charge in [-0.15, -0.1) is 0 Å². The van der Waals surface area contributed by atoms with E-state index in [2.05, 4.69) is 14.9 Å². The van der Waals surface area contributed by atoms with Crippen molar-refractivity contribution in [2.75, 3.05) is 19.6 Å². The summed E-state index contributed by atoms with van der Waals surface area (Å²) in [5.74, 6) is -1.32. The van der Waals surface area contributed by atoms with Crippen LogP contribution < -0.4 is 0 Å². The third-order valence-corrected chi connectivity index (χ3v) is 5.73. The van der Waals surface area contributed by atoms with Crippen LogP contribution in [0.3, 0.4) is 0 Å². The Kier molecular flexibility index (Phi) is 5.43. The molecule has 4 rings (SSSR count). The molecule has 0 radical (unpaired) electrons. The van der Waals surface area contributed by atoms with Crippen LogP contribution in [-0.4, -0.2) is 56.4 Å². The van der Waals surface area contributed by atoms with Gasteiger partial charge in [0.15, 0.2) is 6.04 Å². The number of likely N-dealkylation sites (tertiary alicyclic amines) is 1. The van der Waals surface area contributed by atoms with E-state index in [0.29, 0.717) is 24.2 Å². The van der Waals surface area contributed by atoms with Gasteiger partial charge in [0, 0.05) is 30.8 Å². The minimum absolute atomic E-state index is 0.262. The zero-order chi connectivity index (χ0) is 19.5. The van der Waals surface area contributed by atoms with E-state index in [1.807, 2.05) is 24.3 Å². The van der Waals surface area contributed by atoms with Crippen LogP contribution >= 0.6 is 0 Å². The van der Waals surface area contributed by atoms with Crippen LogP contribution in [0.15, 0.2) is 30.6 Å². The minimum atomic E-state index is -1.06. The minimum Gasteiger partial charge on any atom is -0.479 e. The molecule has 1 atom stereocenters. The van der Waals surface area contributed by atoms with Crippen molar-refractivity contribution in [1.29, 1.82) is 0 Å². The lowest BCUT2D eigenvalue weighted by atomic mass is 10.0. The largest absolute Gasteiger partial charge is 0.479 e. The Morgan fingerprint density at radius 2 is 1.79 bits per heavy atom. The van der Waals surface area contributed by atoms with Crippen molar-refractivity contribution in [3.8, 4) is 0 Å². The summed E-state index contributed by atoms with van der Waals surface area (Å²) >= 11 is 0. The zero-order valence-electron chi connectivity index (χ0n) is 15.9. The number of rotatable bonds is 4. The van der Waals surface area contributed by atoms with Crippen molar-refractivity contribution in [3.05, 3.63) is 53.1 Å². The van der Waals surface area contributed by atoms with E-state index in [4.69, 9.17) is 0 Å². The van der Waals surface area contributed by atoms with E-state index in [-0.39, 0.29) is 5.91 Å². The van der Waals surface area contributed by atoms with E-state index in [1.165, 1.54) is 42.5 Å². The molecule has 0 saturated carbocycles. The fourth-order valence-corrected chi connectivity index (χ4v) is 4.22. The summed E-state index contributed by atoms with van der Waals surface area (Å²) in [5.41, 5.74) is 2.93. The summed E-state index contributed by atoms with van der Waals surface area (Å²) in [6.45, 7) is 3.51. The van der Waals surface area contributed by atoms with Crippen LogP contribution in [0.2, 0.25) is 0 Å². The second kappa shape index (κ2) is 8.14. The number of benzene rings is 1. The molecule has 7 nitrogen and oxygen atoms in total. The number of imidazole rings is 1. The lowest BCUT2D eigenvalue weighted by Gasteiger charge is -2.32. The monoisotopic (exact) mass is 382 g/mol. The Bertz CT molecular complexity index is 838. The highest BCUT2D eigenvalue weighted by Gasteiger charge is 2.38. The van der Waals surface area contributed by atoms with E-state index >= 15 is 0 Å². The Morgan fingerprint density at radius 3 is 2.46 bits per heavy atom. The molecule has 1 fully saturated rings. The first-order chi connectivity index (χ1) is 13.6. The number of fused-ring (bicyclic) bond motifs is 1. The molecule has 0 aliphatic carbocycles. The molecule has 28 heavy (non-hydrogen) atoms. The highest BCUT2D eigenvalue weighted by Crippen LogP contribution is 2.29. The molecule has 2 aliphatic heterocycles. The molecule has 2 N–H and O–H groups in total. The molecule has 2 aromatic rings. The lowest BCUT2D eigenvalue weighted by molar-refractivity contribution is -0.143. The molecule has 0 spiro atoms. The summed E-state index contributed by atoms with van der Waals surface area (Å²) in [6, 6.07) is 6.55. The van der Waals surface area contributed by atoms with Crippen LogP contribution in [0.1, 0.15) is 59.0 Å². The maximum atomic E-state index is 13.0. The Balaban J connectivity index is 1.48.